The first kappa shape index (κ1) is 13.9. The van der Waals surface area contributed by atoms with Crippen molar-refractivity contribution in [2.45, 2.75) is 72.0 Å². The van der Waals surface area contributed by atoms with E-state index in [2.05, 4.69) is 20.8 Å². The smallest absolute Gasteiger partial charge is 0.308 e. The number of aliphatic hydroxyl groups is 1. The van der Waals surface area contributed by atoms with Gasteiger partial charge >= 0.3 is 5.97 Å². The molecule has 2 aliphatic carbocycles. The molecule has 0 unspecified atom stereocenters. The summed E-state index contributed by atoms with van der Waals surface area (Å²) in [4.78, 5) is 11.9. The van der Waals surface area contributed by atoms with Crippen LogP contribution in [0.15, 0.2) is 0 Å². The van der Waals surface area contributed by atoms with Crippen LogP contribution in [0.4, 0.5) is 0 Å². The Morgan fingerprint density at radius 3 is 2.39 bits per heavy atom. The summed E-state index contributed by atoms with van der Waals surface area (Å²) in [5.41, 5.74) is -0.939. The fourth-order valence-corrected chi connectivity index (χ4v) is 4.23. The molecule has 0 heterocycles. The molecule has 3 atom stereocenters. The molecule has 2 bridgehead atoms. The molecule has 0 aromatic heterocycles. The van der Waals surface area contributed by atoms with Crippen LogP contribution in [-0.4, -0.2) is 22.8 Å². The van der Waals surface area contributed by atoms with Crippen molar-refractivity contribution >= 4 is 5.97 Å². The molecule has 0 aromatic carbocycles. The Labute approximate surface area is 110 Å². The van der Waals surface area contributed by atoms with E-state index in [4.69, 9.17) is 4.74 Å². The van der Waals surface area contributed by atoms with Crippen LogP contribution in [0.2, 0.25) is 0 Å². The zero-order valence-corrected chi connectivity index (χ0v) is 12.2. The number of esters is 1. The Kier molecular flexibility index (Phi) is 3.05. The molecule has 0 saturated heterocycles. The number of carbonyl (C=O) groups excluding carboxylic acids is 1. The van der Waals surface area contributed by atoms with Gasteiger partial charge in [0.25, 0.3) is 0 Å². The van der Waals surface area contributed by atoms with E-state index in [-0.39, 0.29) is 29.3 Å². The lowest BCUT2D eigenvalue weighted by Gasteiger charge is -2.44. The highest BCUT2D eigenvalue weighted by molar-refractivity contribution is 5.71. The predicted molar refractivity (Wildman–Crippen MR) is 70.0 cm³/mol. The summed E-state index contributed by atoms with van der Waals surface area (Å²) in [5.74, 6) is 0.261. The molecule has 2 rings (SSSR count). The van der Waals surface area contributed by atoms with Crippen LogP contribution in [0.1, 0.15) is 60.3 Å². The zero-order valence-electron chi connectivity index (χ0n) is 12.2. The number of hydrogen-bond donors (Lipinski definition) is 1. The molecule has 1 N–H and O–H groups in total. The van der Waals surface area contributed by atoms with Gasteiger partial charge in [-0.25, -0.2) is 0 Å². The fourth-order valence-electron chi connectivity index (χ4n) is 4.23. The normalized spacial score (nSPS) is 41.4. The first-order chi connectivity index (χ1) is 8.12. The van der Waals surface area contributed by atoms with Crippen molar-refractivity contribution in [3.63, 3.8) is 0 Å². The van der Waals surface area contributed by atoms with Crippen LogP contribution in [-0.2, 0) is 9.53 Å². The van der Waals surface area contributed by atoms with Gasteiger partial charge < -0.3 is 9.84 Å². The standard InChI is InChI=1S/C15H26O3/c1-10(2)18-12(16)9-15(17)8-11-6-7-14(15,5)13(11,3)4/h10-11,17H,6-9H2,1-5H3/t11-,14-,15+/m1/s1. The van der Waals surface area contributed by atoms with Gasteiger partial charge in [0.2, 0.25) is 0 Å². The molecule has 2 fully saturated rings. The van der Waals surface area contributed by atoms with Crippen molar-refractivity contribution in [3.05, 3.63) is 0 Å². The van der Waals surface area contributed by atoms with Crippen LogP contribution in [0, 0.1) is 16.7 Å². The van der Waals surface area contributed by atoms with Crippen LogP contribution < -0.4 is 0 Å². The first-order valence-electron chi connectivity index (χ1n) is 7.04. The molecule has 0 aliphatic heterocycles. The number of rotatable bonds is 3. The second kappa shape index (κ2) is 3.96. The summed E-state index contributed by atoms with van der Waals surface area (Å²) < 4.78 is 5.20. The number of carbonyl (C=O) groups is 1. The topological polar surface area (TPSA) is 46.5 Å². The van der Waals surface area contributed by atoms with E-state index in [0.29, 0.717) is 5.92 Å². The molecule has 2 aliphatic rings. The maximum Gasteiger partial charge on any atom is 0.308 e. The van der Waals surface area contributed by atoms with Gasteiger partial charge in [-0.1, -0.05) is 20.8 Å². The maximum atomic E-state index is 11.9. The Bertz CT molecular complexity index is 361. The van der Waals surface area contributed by atoms with Gasteiger partial charge in [0.15, 0.2) is 0 Å². The number of fused-ring (bicyclic) bond motifs is 2. The zero-order chi connectivity index (χ0) is 13.8. The molecular weight excluding hydrogens is 228 g/mol. The lowest BCUT2D eigenvalue weighted by atomic mass is 9.63. The summed E-state index contributed by atoms with van der Waals surface area (Å²) in [5, 5.41) is 11.0. The molecule has 0 aromatic rings. The van der Waals surface area contributed by atoms with E-state index in [1.54, 1.807) is 0 Å². The third-order valence-corrected chi connectivity index (χ3v) is 5.85. The van der Waals surface area contributed by atoms with Crippen molar-refractivity contribution in [2.24, 2.45) is 16.7 Å². The largest absolute Gasteiger partial charge is 0.463 e. The molecule has 2 saturated carbocycles. The van der Waals surface area contributed by atoms with Crippen LogP contribution in [0.3, 0.4) is 0 Å². The highest BCUT2D eigenvalue weighted by Crippen LogP contribution is 2.70. The van der Waals surface area contributed by atoms with Crippen molar-refractivity contribution in [1.29, 1.82) is 0 Å². The molecule has 0 amide bonds. The highest BCUT2D eigenvalue weighted by atomic mass is 16.5. The summed E-state index contributed by atoms with van der Waals surface area (Å²) in [6, 6.07) is 0. The van der Waals surface area contributed by atoms with Gasteiger partial charge in [0, 0.05) is 5.41 Å². The Balaban J connectivity index is 2.16. The maximum absolute atomic E-state index is 11.9. The average molecular weight is 254 g/mol. The quantitative estimate of drug-likeness (QED) is 0.788. The van der Waals surface area contributed by atoms with E-state index in [1.807, 2.05) is 13.8 Å². The molecule has 18 heavy (non-hydrogen) atoms. The first-order valence-corrected chi connectivity index (χ1v) is 7.04. The molecule has 0 radical (unpaired) electrons. The van der Waals surface area contributed by atoms with Crippen LogP contribution in [0.5, 0.6) is 0 Å². The summed E-state index contributed by atoms with van der Waals surface area (Å²) >= 11 is 0. The van der Waals surface area contributed by atoms with Gasteiger partial charge in [0.1, 0.15) is 0 Å². The Hall–Kier alpha value is -0.570. The molecular formula is C15H26O3. The number of hydrogen-bond acceptors (Lipinski definition) is 3. The molecule has 3 heteroatoms. The van der Waals surface area contributed by atoms with Gasteiger partial charge in [-0.15, -0.1) is 0 Å². The monoisotopic (exact) mass is 254 g/mol. The van der Waals surface area contributed by atoms with E-state index in [0.717, 1.165) is 12.8 Å². The lowest BCUT2D eigenvalue weighted by molar-refractivity contribution is -0.161. The second-order valence-corrected chi connectivity index (χ2v) is 7.24. The van der Waals surface area contributed by atoms with Gasteiger partial charge in [0.05, 0.1) is 18.1 Å². The van der Waals surface area contributed by atoms with Gasteiger partial charge in [-0.2, -0.15) is 0 Å². The van der Waals surface area contributed by atoms with Crippen LogP contribution in [0.25, 0.3) is 0 Å². The Morgan fingerprint density at radius 2 is 2.00 bits per heavy atom. The van der Waals surface area contributed by atoms with Crippen LogP contribution >= 0.6 is 0 Å². The Morgan fingerprint density at radius 1 is 1.39 bits per heavy atom. The summed E-state index contributed by atoms with van der Waals surface area (Å²) in [7, 11) is 0. The minimum absolute atomic E-state index is 0.111. The van der Waals surface area contributed by atoms with Crippen molar-refractivity contribution in [2.75, 3.05) is 0 Å². The molecule has 3 nitrogen and oxygen atoms in total. The van der Waals surface area contributed by atoms with E-state index in [1.165, 1.54) is 6.42 Å². The third-order valence-electron chi connectivity index (χ3n) is 5.85. The minimum Gasteiger partial charge on any atom is -0.463 e. The highest BCUT2D eigenvalue weighted by Gasteiger charge is 2.68. The van der Waals surface area contributed by atoms with Crippen molar-refractivity contribution < 1.29 is 14.6 Å². The fraction of sp³-hybridized carbons (Fsp3) is 0.933. The van der Waals surface area contributed by atoms with E-state index >= 15 is 0 Å². The van der Waals surface area contributed by atoms with Gasteiger partial charge in [-0.05, 0) is 44.4 Å². The molecule has 0 spiro atoms. The SMILES string of the molecule is CC(C)OC(=O)C[C@@]1(O)C[C@H]2CC[C@]1(C)C2(C)C. The minimum atomic E-state index is -0.884. The van der Waals surface area contributed by atoms with Gasteiger partial charge in [-0.3, -0.25) is 4.79 Å². The van der Waals surface area contributed by atoms with Crippen molar-refractivity contribution in [1.82, 2.24) is 0 Å². The lowest BCUT2D eigenvalue weighted by Crippen LogP contribution is -2.48. The second-order valence-electron chi connectivity index (χ2n) is 7.24. The average Bonchev–Trinajstić information content (AvgIpc) is 2.47. The summed E-state index contributed by atoms with van der Waals surface area (Å²) in [6.45, 7) is 10.3. The van der Waals surface area contributed by atoms with E-state index in [9.17, 15) is 9.90 Å². The molecule has 104 valence electrons. The third kappa shape index (κ3) is 1.70. The van der Waals surface area contributed by atoms with Crippen molar-refractivity contribution in [3.8, 4) is 0 Å². The van der Waals surface area contributed by atoms with E-state index < -0.39 is 5.60 Å². The summed E-state index contributed by atoms with van der Waals surface area (Å²) in [6.07, 6.45) is 2.95. The number of ether oxygens (including phenoxy) is 1. The predicted octanol–water partition coefficient (Wildman–Crippen LogP) is 2.91.